The number of alkyl halides is 4. The third kappa shape index (κ3) is 2.99. The van der Waals surface area contributed by atoms with Crippen LogP contribution in [0.3, 0.4) is 0 Å². The number of halogens is 4. The Balaban J connectivity index is -0.000000405. The van der Waals surface area contributed by atoms with Crippen LogP contribution in [0.25, 0.3) is 0 Å². The van der Waals surface area contributed by atoms with Gasteiger partial charge in [0.15, 0.2) is 0 Å². The van der Waals surface area contributed by atoms with E-state index >= 15 is 0 Å². The molecule has 0 radical (unpaired) electrons. The first-order valence-electron chi connectivity index (χ1n) is 2.35. The van der Waals surface area contributed by atoms with E-state index < -0.39 is 25.1 Å². The molecule has 11 heavy (non-hydrogen) atoms. The molecule has 0 aliphatic carbocycles. The van der Waals surface area contributed by atoms with E-state index in [1.54, 1.807) is 0 Å². The minimum absolute atomic E-state index is 0. The zero-order valence-electron chi connectivity index (χ0n) is 6.82. The van der Waals surface area contributed by atoms with Crippen LogP contribution < -0.4 is 18.9 Å². The predicted molar refractivity (Wildman–Crippen MR) is 25.2 cm³/mol. The van der Waals surface area contributed by atoms with Crippen molar-refractivity contribution < 1.29 is 48.1 Å². The molecule has 0 amide bonds. The van der Waals surface area contributed by atoms with Crippen LogP contribution in [0.2, 0.25) is 0 Å². The molecule has 0 aliphatic heterocycles. The molecular formula is C4H7F4LiO2. The molecule has 2 nitrogen and oxygen atoms in total. The smallest absolute Gasteiger partial charge is 1.00 e. The summed E-state index contributed by atoms with van der Waals surface area (Å²) >= 11 is 0. The Hall–Kier alpha value is 0.237. The number of hydrogen-bond donors (Lipinski definition) is 2. The summed E-state index contributed by atoms with van der Waals surface area (Å²) in [7, 11) is 0. The van der Waals surface area contributed by atoms with Crippen LogP contribution >= 0.6 is 0 Å². The number of aliphatic hydroxyl groups excluding tert-OH is 2. The van der Waals surface area contributed by atoms with Crippen LogP contribution in [0.1, 0.15) is 1.43 Å². The zero-order chi connectivity index (χ0) is 8.41. The van der Waals surface area contributed by atoms with Gasteiger partial charge in [0, 0.05) is 0 Å². The van der Waals surface area contributed by atoms with Crippen LogP contribution in [0.4, 0.5) is 17.6 Å². The minimum Gasteiger partial charge on any atom is -1.00 e. The molecule has 2 N–H and O–H groups in total. The Morgan fingerprint density at radius 2 is 1.09 bits per heavy atom. The molecule has 64 valence electrons. The van der Waals surface area contributed by atoms with Gasteiger partial charge in [-0.3, -0.25) is 0 Å². The minimum atomic E-state index is -4.54. The van der Waals surface area contributed by atoms with Crippen LogP contribution in [0.15, 0.2) is 0 Å². The van der Waals surface area contributed by atoms with Gasteiger partial charge >= 0.3 is 30.7 Å². The van der Waals surface area contributed by atoms with E-state index in [2.05, 4.69) is 0 Å². The van der Waals surface area contributed by atoms with Crippen molar-refractivity contribution in [3.63, 3.8) is 0 Å². The molecule has 0 aromatic heterocycles. The van der Waals surface area contributed by atoms with Crippen molar-refractivity contribution in [2.75, 3.05) is 13.2 Å². The van der Waals surface area contributed by atoms with E-state index in [1.807, 2.05) is 0 Å². The predicted octanol–water partition coefficient (Wildman–Crippen LogP) is -2.64. The summed E-state index contributed by atoms with van der Waals surface area (Å²) in [5, 5.41) is 15.4. The summed E-state index contributed by atoms with van der Waals surface area (Å²) in [6.45, 7) is -3.94. The molecule has 0 aromatic rings. The maximum absolute atomic E-state index is 11.8. The fraction of sp³-hybridized carbons (Fsp3) is 1.00. The van der Waals surface area contributed by atoms with E-state index in [1.165, 1.54) is 0 Å². The Labute approximate surface area is 73.9 Å². The first-order chi connectivity index (χ1) is 4.37. The number of rotatable bonds is 3. The maximum Gasteiger partial charge on any atom is 1.00 e. The molecule has 7 heteroatoms. The van der Waals surface area contributed by atoms with E-state index in [9.17, 15) is 17.6 Å². The largest absolute Gasteiger partial charge is 1.00 e. The van der Waals surface area contributed by atoms with Crippen molar-refractivity contribution in [3.8, 4) is 0 Å². The summed E-state index contributed by atoms with van der Waals surface area (Å²) in [4.78, 5) is 0. The van der Waals surface area contributed by atoms with Gasteiger partial charge in [-0.15, -0.1) is 0 Å². The molecule has 0 aliphatic rings. The average Bonchev–Trinajstić information content (AvgIpc) is 1.88. The van der Waals surface area contributed by atoms with Gasteiger partial charge in [0.1, 0.15) is 13.2 Å². The van der Waals surface area contributed by atoms with Crippen molar-refractivity contribution in [2.24, 2.45) is 0 Å². The fourth-order valence-electron chi connectivity index (χ4n) is 0.231. The molecule has 0 bridgehead atoms. The Morgan fingerprint density at radius 1 is 0.909 bits per heavy atom. The van der Waals surface area contributed by atoms with Crippen molar-refractivity contribution in [2.45, 2.75) is 11.8 Å². The Kier molecular flexibility index (Phi) is 5.41. The maximum atomic E-state index is 11.8. The van der Waals surface area contributed by atoms with Crippen molar-refractivity contribution in [1.29, 1.82) is 0 Å². The molecular weight excluding hydrogens is 163 g/mol. The molecule has 0 atom stereocenters. The van der Waals surface area contributed by atoms with Crippen LogP contribution in [-0.4, -0.2) is 35.3 Å². The monoisotopic (exact) mass is 170 g/mol. The average molecular weight is 170 g/mol. The summed E-state index contributed by atoms with van der Waals surface area (Å²) in [6.07, 6.45) is 0. The molecule has 0 saturated carbocycles. The summed E-state index contributed by atoms with van der Waals surface area (Å²) < 4.78 is 47.1. The molecule has 0 unspecified atom stereocenters. The second-order valence-electron chi connectivity index (χ2n) is 1.73. The van der Waals surface area contributed by atoms with Gasteiger partial charge in [-0.1, -0.05) is 0 Å². The SMILES string of the molecule is OCC(F)(F)C(F)(F)CO.[H-].[Li+]. The molecule has 0 aromatic carbocycles. The summed E-state index contributed by atoms with van der Waals surface area (Å²) in [5.41, 5.74) is 0. The van der Waals surface area contributed by atoms with Gasteiger partial charge in [-0.05, 0) is 0 Å². The first kappa shape index (κ1) is 13.8. The van der Waals surface area contributed by atoms with Gasteiger partial charge in [-0.2, -0.15) is 17.6 Å². The summed E-state index contributed by atoms with van der Waals surface area (Å²) in [6, 6.07) is 0. The van der Waals surface area contributed by atoms with Gasteiger partial charge in [-0.25, -0.2) is 0 Å². The third-order valence-electron chi connectivity index (χ3n) is 0.932. The molecule has 0 spiro atoms. The summed E-state index contributed by atoms with van der Waals surface area (Å²) in [5.74, 6) is -9.08. The molecule has 0 rings (SSSR count). The normalized spacial score (nSPS) is 12.5. The van der Waals surface area contributed by atoms with E-state index in [-0.39, 0.29) is 20.3 Å². The van der Waals surface area contributed by atoms with Gasteiger partial charge in [0.2, 0.25) is 0 Å². The van der Waals surface area contributed by atoms with E-state index in [0.717, 1.165) is 0 Å². The van der Waals surface area contributed by atoms with Crippen molar-refractivity contribution in [3.05, 3.63) is 0 Å². The fourth-order valence-corrected chi connectivity index (χ4v) is 0.231. The quantitative estimate of drug-likeness (QED) is 0.359. The van der Waals surface area contributed by atoms with E-state index in [4.69, 9.17) is 10.2 Å². The second kappa shape index (κ2) is 4.31. The standard InChI is InChI=1S/C4H6F4O2.Li.H/c5-3(6,1-9)4(7,8)2-10;;/h9-10H,1-2H2;;/q;+1;-1. The number of aliphatic hydroxyl groups is 2. The Bertz CT molecular complexity index is 110. The topological polar surface area (TPSA) is 40.5 Å². The second-order valence-corrected chi connectivity index (χ2v) is 1.73. The molecule has 0 saturated heterocycles. The van der Waals surface area contributed by atoms with Crippen molar-refractivity contribution in [1.82, 2.24) is 0 Å². The van der Waals surface area contributed by atoms with Gasteiger partial charge < -0.3 is 11.6 Å². The van der Waals surface area contributed by atoms with Crippen molar-refractivity contribution >= 4 is 0 Å². The van der Waals surface area contributed by atoms with E-state index in [0.29, 0.717) is 0 Å². The Morgan fingerprint density at radius 3 is 1.18 bits per heavy atom. The van der Waals surface area contributed by atoms with Gasteiger partial charge in [0.25, 0.3) is 0 Å². The van der Waals surface area contributed by atoms with Crippen LogP contribution in [0.5, 0.6) is 0 Å². The third-order valence-corrected chi connectivity index (χ3v) is 0.932. The van der Waals surface area contributed by atoms with Crippen LogP contribution in [0, 0.1) is 0 Å². The molecule has 0 fully saturated rings. The number of hydrogen-bond acceptors (Lipinski definition) is 2. The molecule has 0 heterocycles. The zero-order valence-corrected chi connectivity index (χ0v) is 5.82. The van der Waals surface area contributed by atoms with Crippen LogP contribution in [-0.2, 0) is 0 Å². The first-order valence-corrected chi connectivity index (χ1v) is 2.35. The van der Waals surface area contributed by atoms with Gasteiger partial charge in [0.05, 0.1) is 0 Å².